The maximum absolute atomic E-state index is 13.1. The summed E-state index contributed by atoms with van der Waals surface area (Å²) in [5, 5.41) is 6.35. The molecule has 3 fully saturated rings. The van der Waals surface area contributed by atoms with E-state index in [4.69, 9.17) is 4.74 Å². The van der Waals surface area contributed by atoms with Gasteiger partial charge in [0.15, 0.2) is 0 Å². The number of nitrogens with one attached hydrogen (secondary N) is 2. The van der Waals surface area contributed by atoms with Crippen LogP contribution in [-0.2, 0) is 14.3 Å². The number of piperidine rings is 1. The Balaban J connectivity index is 1.49. The summed E-state index contributed by atoms with van der Waals surface area (Å²) in [7, 11) is 1.67. The number of rotatable bonds is 6. The quantitative estimate of drug-likeness (QED) is 0.678. The van der Waals surface area contributed by atoms with Gasteiger partial charge in [0.1, 0.15) is 0 Å². The minimum Gasteiger partial charge on any atom is -0.384 e. The standard InChI is InChI=1S/C17H30N4O3/c1-24-13-17(4-6-18-7-5-17)16(23)21-10-8-20(9-11-21)12-15(22)19-14-2-3-14/h14,18H,2-13H2,1H3,(H,19,22). The molecule has 0 aromatic rings. The van der Waals surface area contributed by atoms with Crippen molar-refractivity contribution >= 4 is 11.8 Å². The molecule has 3 rings (SSSR count). The molecule has 0 unspecified atom stereocenters. The van der Waals surface area contributed by atoms with E-state index < -0.39 is 0 Å². The van der Waals surface area contributed by atoms with E-state index >= 15 is 0 Å². The Labute approximate surface area is 144 Å². The number of carbonyl (C=O) groups excluding carboxylic acids is 2. The minimum atomic E-state index is -0.370. The van der Waals surface area contributed by atoms with Gasteiger partial charge in [0.2, 0.25) is 11.8 Å². The van der Waals surface area contributed by atoms with E-state index in [1.54, 1.807) is 7.11 Å². The largest absolute Gasteiger partial charge is 0.384 e. The molecule has 2 aliphatic heterocycles. The summed E-state index contributed by atoms with van der Waals surface area (Å²) in [5.41, 5.74) is -0.370. The highest BCUT2D eigenvalue weighted by Crippen LogP contribution is 2.32. The second-order valence-corrected chi connectivity index (χ2v) is 7.37. The van der Waals surface area contributed by atoms with Crippen molar-refractivity contribution in [3.05, 3.63) is 0 Å². The molecular formula is C17H30N4O3. The number of hydrogen-bond donors (Lipinski definition) is 2. The van der Waals surface area contributed by atoms with Crippen LogP contribution in [0, 0.1) is 5.41 Å². The Morgan fingerprint density at radius 3 is 2.42 bits per heavy atom. The van der Waals surface area contributed by atoms with Gasteiger partial charge in [-0.3, -0.25) is 14.5 Å². The first-order valence-corrected chi connectivity index (χ1v) is 9.14. The molecule has 0 atom stereocenters. The molecule has 7 nitrogen and oxygen atoms in total. The summed E-state index contributed by atoms with van der Waals surface area (Å²) in [4.78, 5) is 29.1. The van der Waals surface area contributed by atoms with Crippen molar-refractivity contribution in [3.63, 3.8) is 0 Å². The lowest BCUT2D eigenvalue weighted by Gasteiger charge is -2.42. The van der Waals surface area contributed by atoms with Gasteiger partial charge in [0.25, 0.3) is 0 Å². The molecule has 2 amide bonds. The third-order valence-electron chi connectivity index (χ3n) is 5.40. The van der Waals surface area contributed by atoms with Gasteiger partial charge >= 0.3 is 0 Å². The fourth-order valence-corrected chi connectivity index (χ4v) is 3.75. The molecule has 0 bridgehead atoms. The number of hydrogen-bond acceptors (Lipinski definition) is 5. The highest BCUT2D eigenvalue weighted by Gasteiger charge is 2.42. The Morgan fingerprint density at radius 1 is 1.17 bits per heavy atom. The predicted molar refractivity (Wildman–Crippen MR) is 90.6 cm³/mol. The van der Waals surface area contributed by atoms with Gasteiger partial charge in [0.05, 0.1) is 18.6 Å². The molecule has 0 radical (unpaired) electrons. The lowest BCUT2D eigenvalue weighted by molar-refractivity contribution is -0.149. The molecule has 7 heteroatoms. The van der Waals surface area contributed by atoms with Gasteiger partial charge < -0.3 is 20.3 Å². The van der Waals surface area contributed by atoms with Crippen molar-refractivity contribution in [3.8, 4) is 0 Å². The number of carbonyl (C=O) groups is 2. The summed E-state index contributed by atoms with van der Waals surface area (Å²) in [6.07, 6.45) is 3.91. The van der Waals surface area contributed by atoms with Crippen LogP contribution < -0.4 is 10.6 Å². The van der Waals surface area contributed by atoms with Crippen LogP contribution in [0.25, 0.3) is 0 Å². The minimum absolute atomic E-state index is 0.117. The van der Waals surface area contributed by atoms with Crippen molar-refractivity contribution in [1.29, 1.82) is 0 Å². The first-order chi connectivity index (χ1) is 11.6. The van der Waals surface area contributed by atoms with Crippen LogP contribution in [-0.4, -0.2) is 87.2 Å². The molecule has 0 aromatic heterocycles. The molecule has 1 aliphatic carbocycles. The normalized spacial score (nSPS) is 24.6. The van der Waals surface area contributed by atoms with Gasteiger partial charge in [0, 0.05) is 39.3 Å². The Kier molecular flexibility index (Phi) is 5.73. The molecule has 24 heavy (non-hydrogen) atoms. The lowest BCUT2D eigenvalue weighted by Crippen LogP contribution is -2.57. The fraction of sp³-hybridized carbons (Fsp3) is 0.882. The van der Waals surface area contributed by atoms with E-state index in [1.165, 1.54) is 0 Å². The SMILES string of the molecule is COCC1(C(=O)N2CCN(CC(=O)NC3CC3)CC2)CCNCC1. The molecule has 2 N–H and O–H groups in total. The van der Waals surface area contributed by atoms with Crippen molar-refractivity contribution in [1.82, 2.24) is 20.4 Å². The summed E-state index contributed by atoms with van der Waals surface area (Å²) in [6, 6.07) is 0.411. The molecule has 136 valence electrons. The van der Waals surface area contributed by atoms with Gasteiger partial charge in [-0.25, -0.2) is 0 Å². The first kappa shape index (κ1) is 17.6. The Hall–Kier alpha value is -1.18. The van der Waals surface area contributed by atoms with Gasteiger partial charge in [-0.1, -0.05) is 0 Å². The van der Waals surface area contributed by atoms with Crippen LogP contribution in [0.3, 0.4) is 0 Å². The van der Waals surface area contributed by atoms with Crippen LogP contribution >= 0.6 is 0 Å². The molecule has 0 aromatic carbocycles. The summed E-state index contributed by atoms with van der Waals surface area (Å²) >= 11 is 0. The van der Waals surface area contributed by atoms with E-state index in [2.05, 4.69) is 15.5 Å². The van der Waals surface area contributed by atoms with Crippen molar-refractivity contribution < 1.29 is 14.3 Å². The highest BCUT2D eigenvalue weighted by atomic mass is 16.5. The summed E-state index contributed by atoms with van der Waals surface area (Å²) in [5.74, 6) is 0.347. The van der Waals surface area contributed by atoms with Crippen LogP contribution in [0.15, 0.2) is 0 Å². The van der Waals surface area contributed by atoms with Crippen molar-refractivity contribution in [2.45, 2.75) is 31.7 Å². The predicted octanol–water partition coefficient (Wildman–Crippen LogP) is -0.575. The van der Waals surface area contributed by atoms with E-state index in [0.29, 0.717) is 32.3 Å². The maximum Gasteiger partial charge on any atom is 0.234 e. The number of piperazine rings is 1. The van der Waals surface area contributed by atoms with Crippen molar-refractivity contribution in [2.24, 2.45) is 5.41 Å². The second kappa shape index (κ2) is 7.80. The molecular weight excluding hydrogens is 308 g/mol. The van der Waals surface area contributed by atoms with E-state index in [9.17, 15) is 9.59 Å². The monoisotopic (exact) mass is 338 g/mol. The van der Waals surface area contributed by atoms with Crippen LogP contribution in [0.2, 0.25) is 0 Å². The number of nitrogens with zero attached hydrogens (tertiary/aromatic N) is 2. The van der Waals surface area contributed by atoms with Gasteiger partial charge in [-0.2, -0.15) is 0 Å². The van der Waals surface area contributed by atoms with E-state index in [1.807, 2.05) is 4.90 Å². The molecule has 0 spiro atoms. The zero-order valence-electron chi connectivity index (χ0n) is 14.7. The fourth-order valence-electron chi connectivity index (χ4n) is 3.75. The lowest BCUT2D eigenvalue weighted by atomic mass is 9.78. The van der Waals surface area contributed by atoms with Gasteiger partial charge in [-0.15, -0.1) is 0 Å². The first-order valence-electron chi connectivity index (χ1n) is 9.14. The highest BCUT2D eigenvalue weighted by molar-refractivity contribution is 5.83. The molecule has 3 aliphatic rings. The smallest absolute Gasteiger partial charge is 0.234 e. The number of ether oxygens (including phenoxy) is 1. The summed E-state index contributed by atoms with van der Waals surface area (Å²) < 4.78 is 5.37. The Bertz CT molecular complexity index is 447. The average molecular weight is 338 g/mol. The zero-order chi connectivity index (χ0) is 17.0. The van der Waals surface area contributed by atoms with Crippen LogP contribution in [0.1, 0.15) is 25.7 Å². The Morgan fingerprint density at radius 2 is 1.83 bits per heavy atom. The number of methoxy groups -OCH3 is 1. The third kappa shape index (κ3) is 4.26. The second-order valence-electron chi connectivity index (χ2n) is 7.37. The van der Waals surface area contributed by atoms with E-state index in [0.717, 1.165) is 51.9 Å². The topological polar surface area (TPSA) is 73.9 Å². The van der Waals surface area contributed by atoms with Crippen LogP contribution in [0.5, 0.6) is 0 Å². The molecule has 2 heterocycles. The zero-order valence-corrected chi connectivity index (χ0v) is 14.7. The van der Waals surface area contributed by atoms with Crippen molar-refractivity contribution in [2.75, 3.05) is 59.5 Å². The third-order valence-corrected chi connectivity index (χ3v) is 5.40. The maximum atomic E-state index is 13.1. The summed E-state index contributed by atoms with van der Waals surface area (Å²) in [6.45, 7) is 5.63. The number of amides is 2. The molecule has 2 saturated heterocycles. The van der Waals surface area contributed by atoms with E-state index in [-0.39, 0.29) is 17.2 Å². The van der Waals surface area contributed by atoms with Crippen LogP contribution in [0.4, 0.5) is 0 Å². The van der Waals surface area contributed by atoms with Gasteiger partial charge in [-0.05, 0) is 38.8 Å². The average Bonchev–Trinajstić information content (AvgIpc) is 3.40. The molecule has 1 saturated carbocycles.